The van der Waals surface area contributed by atoms with Gasteiger partial charge in [0, 0.05) is 24.3 Å². The Labute approximate surface area is 170 Å². The van der Waals surface area contributed by atoms with Crippen molar-refractivity contribution < 1.29 is 9.85 Å². The van der Waals surface area contributed by atoms with Crippen LogP contribution in [-0.2, 0) is 0 Å². The second-order valence-corrected chi connectivity index (χ2v) is 6.02. The zero-order valence-corrected chi connectivity index (χ0v) is 15.5. The average molecular weight is 404 g/mol. The Hall–Kier alpha value is -4.60. The SMILES string of the molecule is O=[N+]([O-])c1ccc(N/N=C/c2cccc(/C=N/Nc3ccc([N+](=O)[O-])cc3)c2)cc1. The number of hydrogen-bond acceptors (Lipinski definition) is 8. The molecule has 0 amide bonds. The van der Waals surface area contributed by atoms with E-state index >= 15 is 0 Å². The minimum absolute atomic E-state index is 0.0128. The third kappa shape index (κ3) is 5.70. The van der Waals surface area contributed by atoms with Gasteiger partial charge in [0.1, 0.15) is 0 Å². The second-order valence-electron chi connectivity index (χ2n) is 6.02. The fraction of sp³-hybridized carbons (Fsp3) is 0. The summed E-state index contributed by atoms with van der Waals surface area (Å²) < 4.78 is 0. The van der Waals surface area contributed by atoms with E-state index in [9.17, 15) is 20.2 Å². The van der Waals surface area contributed by atoms with Crippen molar-refractivity contribution in [1.82, 2.24) is 0 Å². The Morgan fingerprint density at radius 1 is 0.667 bits per heavy atom. The molecule has 10 nitrogen and oxygen atoms in total. The highest BCUT2D eigenvalue weighted by Gasteiger charge is 2.03. The van der Waals surface area contributed by atoms with Crippen molar-refractivity contribution in [3.05, 3.63) is 104 Å². The van der Waals surface area contributed by atoms with Crippen molar-refractivity contribution >= 4 is 35.2 Å². The molecule has 3 aromatic rings. The van der Waals surface area contributed by atoms with Crippen LogP contribution in [0.3, 0.4) is 0 Å². The van der Waals surface area contributed by atoms with Crippen LogP contribution in [0.1, 0.15) is 11.1 Å². The summed E-state index contributed by atoms with van der Waals surface area (Å²) in [5, 5.41) is 29.5. The van der Waals surface area contributed by atoms with E-state index in [2.05, 4.69) is 21.1 Å². The lowest BCUT2D eigenvalue weighted by atomic mass is 10.1. The van der Waals surface area contributed by atoms with Crippen LogP contribution in [0, 0.1) is 20.2 Å². The Morgan fingerprint density at radius 2 is 1.07 bits per heavy atom. The first-order valence-electron chi connectivity index (χ1n) is 8.68. The van der Waals surface area contributed by atoms with Gasteiger partial charge in [-0.05, 0) is 41.5 Å². The monoisotopic (exact) mass is 404 g/mol. The summed E-state index contributed by atoms with van der Waals surface area (Å²) in [4.78, 5) is 20.4. The summed E-state index contributed by atoms with van der Waals surface area (Å²) in [7, 11) is 0. The number of nitrogens with one attached hydrogen (secondary N) is 2. The number of anilines is 2. The van der Waals surface area contributed by atoms with Crippen LogP contribution in [0.5, 0.6) is 0 Å². The quantitative estimate of drug-likeness (QED) is 0.325. The number of benzene rings is 3. The number of rotatable bonds is 8. The van der Waals surface area contributed by atoms with E-state index in [1.165, 1.54) is 24.3 Å². The third-order valence-corrected chi connectivity index (χ3v) is 3.88. The molecule has 0 aliphatic heterocycles. The standard InChI is InChI=1S/C20H16N6O4/c27-25(28)19-8-4-17(5-9-19)23-21-13-15-2-1-3-16(12-15)14-22-24-18-6-10-20(11-7-18)26(29)30/h1-14,23-24H/b21-13+,22-14+. The largest absolute Gasteiger partial charge is 0.278 e. The van der Waals surface area contributed by atoms with Gasteiger partial charge in [0.2, 0.25) is 0 Å². The topological polar surface area (TPSA) is 135 Å². The summed E-state index contributed by atoms with van der Waals surface area (Å²) in [6.45, 7) is 0. The second kappa shape index (κ2) is 9.55. The zero-order chi connectivity index (χ0) is 21.3. The van der Waals surface area contributed by atoms with Crippen molar-refractivity contribution in [2.75, 3.05) is 10.9 Å². The summed E-state index contributed by atoms with van der Waals surface area (Å²) in [5.74, 6) is 0. The molecule has 2 N–H and O–H groups in total. The molecule has 0 saturated heterocycles. The number of non-ortho nitro benzene ring substituents is 2. The molecule has 0 aliphatic rings. The molecule has 0 radical (unpaired) electrons. The summed E-state index contributed by atoms with van der Waals surface area (Å²) in [6, 6.07) is 19.3. The molecule has 0 saturated carbocycles. The lowest BCUT2D eigenvalue weighted by Gasteiger charge is -2.01. The number of hydrogen-bond donors (Lipinski definition) is 2. The molecule has 3 aromatic carbocycles. The van der Waals surface area contributed by atoms with E-state index in [0.29, 0.717) is 11.4 Å². The van der Waals surface area contributed by atoms with Crippen molar-refractivity contribution in [3.63, 3.8) is 0 Å². The van der Waals surface area contributed by atoms with Crippen LogP contribution in [0.25, 0.3) is 0 Å². The highest BCUT2D eigenvalue weighted by atomic mass is 16.6. The molecule has 0 bridgehead atoms. The van der Waals surface area contributed by atoms with Gasteiger partial charge in [0.05, 0.1) is 33.7 Å². The molecule has 0 aliphatic carbocycles. The minimum Gasteiger partial charge on any atom is -0.278 e. The lowest BCUT2D eigenvalue weighted by Crippen LogP contribution is -1.94. The summed E-state index contributed by atoms with van der Waals surface area (Å²) in [5.41, 5.74) is 8.54. The first-order chi connectivity index (χ1) is 14.5. The Balaban J connectivity index is 1.57. The van der Waals surface area contributed by atoms with Crippen LogP contribution in [0.15, 0.2) is 83.0 Å². The predicted molar refractivity (Wildman–Crippen MR) is 115 cm³/mol. The van der Waals surface area contributed by atoms with Gasteiger partial charge in [-0.1, -0.05) is 18.2 Å². The van der Waals surface area contributed by atoms with Crippen LogP contribution >= 0.6 is 0 Å². The Morgan fingerprint density at radius 3 is 1.43 bits per heavy atom. The average Bonchev–Trinajstić information content (AvgIpc) is 2.75. The van der Waals surface area contributed by atoms with Crippen LogP contribution in [0.2, 0.25) is 0 Å². The summed E-state index contributed by atoms with van der Waals surface area (Å²) >= 11 is 0. The van der Waals surface area contributed by atoms with Gasteiger partial charge in [-0.25, -0.2) is 0 Å². The molecule has 0 spiro atoms. The van der Waals surface area contributed by atoms with E-state index < -0.39 is 9.85 Å². The number of nitrogens with zero attached hydrogens (tertiary/aromatic N) is 4. The van der Waals surface area contributed by atoms with Crippen molar-refractivity contribution in [1.29, 1.82) is 0 Å². The van der Waals surface area contributed by atoms with Gasteiger partial charge in [-0.2, -0.15) is 10.2 Å². The maximum atomic E-state index is 10.7. The molecule has 150 valence electrons. The number of nitro groups is 2. The third-order valence-electron chi connectivity index (χ3n) is 3.88. The molecule has 0 atom stereocenters. The molecule has 3 rings (SSSR count). The van der Waals surface area contributed by atoms with Gasteiger partial charge in [0.15, 0.2) is 0 Å². The van der Waals surface area contributed by atoms with Crippen molar-refractivity contribution in [2.45, 2.75) is 0 Å². The highest BCUT2D eigenvalue weighted by Crippen LogP contribution is 2.16. The van der Waals surface area contributed by atoms with Crippen LogP contribution in [0.4, 0.5) is 22.7 Å². The van der Waals surface area contributed by atoms with E-state index in [1.54, 1.807) is 36.7 Å². The van der Waals surface area contributed by atoms with Gasteiger partial charge in [-0.3, -0.25) is 31.1 Å². The smallest absolute Gasteiger partial charge is 0.269 e. The molecule has 0 fully saturated rings. The molecular formula is C20H16N6O4. The van der Waals surface area contributed by atoms with E-state index in [4.69, 9.17) is 0 Å². The van der Waals surface area contributed by atoms with Crippen LogP contribution < -0.4 is 10.9 Å². The Bertz CT molecular complexity index is 1010. The van der Waals surface area contributed by atoms with Gasteiger partial charge in [-0.15, -0.1) is 0 Å². The maximum absolute atomic E-state index is 10.7. The highest BCUT2D eigenvalue weighted by molar-refractivity contribution is 5.86. The Kier molecular flexibility index (Phi) is 6.41. The fourth-order valence-corrected chi connectivity index (χ4v) is 2.40. The molecular weight excluding hydrogens is 388 g/mol. The molecule has 0 heterocycles. The van der Waals surface area contributed by atoms with Gasteiger partial charge in [0.25, 0.3) is 11.4 Å². The van der Waals surface area contributed by atoms with Crippen molar-refractivity contribution in [3.8, 4) is 0 Å². The summed E-state index contributed by atoms with van der Waals surface area (Å²) in [6.07, 6.45) is 3.23. The zero-order valence-electron chi connectivity index (χ0n) is 15.5. The van der Waals surface area contributed by atoms with E-state index in [-0.39, 0.29) is 11.4 Å². The molecule has 30 heavy (non-hydrogen) atoms. The van der Waals surface area contributed by atoms with Crippen molar-refractivity contribution in [2.24, 2.45) is 10.2 Å². The molecule has 0 unspecified atom stereocenters. The first kappa shape index (κ1) is 20.1. The minimum atomic E-state index is -0.462. The molecule has 0 aromatic heterocycles. The lowest BCUT2D eigenvalue weighted by molar-refractivity contribution is -0.385. The van der Waals surface area contributed by atoms with E-state index in [1.807, 2.05) is 24.3 Å². The van der Waals surface area contributed by atoms with Crippen LogP contribution in [-0.4, -0.2) is 22.3 Å². The fourth-order valence-electron chi connectivity index (χ4n) is 2.40. The maximum Gasteiger partial charge on any atom is 0.269 e. The van der Waals surface area contributed by atoms with Gasteiger partial charge >= 0.3 is 0 Å². The number of nitro benzene ring substituents is 2. The number of hydrazone groups is 2. The molecule has 10 heteroatoms. The first-order valence-corrected chi connectivity index (χ1v) is 8.68. The normalized spacial score (nSPS) is 10.9. The van der Waals surface area contributed by atoms with E-state index in [0.717, 1.165) is 11.1 Å². The predicted octanol–water partition coefficient (Wildman–Crippen LogP) is 4.40. The van der Waals surface area contributed by atoms with Gasteiger partial charge < -0.3 is 0 Å².